The van der Waals surface area contributed by atoms with Gasteiger partial charge in [-0.1, -0.05) is 77.0 Å². The van der Waals surface area contributed by atoms with E-state index in [0.29, 0.717) is 6.42 Å². The quantitative estimate of drug-likeness (QED) is 0.0307. The zero-order valence-corrected chi connectivity index (χ0v) is 51.3. The van der Waals surface area contributed by atoms with Crippen LogP contribution >= 0.6 is 25.3 Å². The predicted molar refractivity (Wildman–Crippen MR) is 316 cm³/mol. The summed E-state index contributed by atoms with van der Waals surface area (Å²) in [4.78, 5) is 157. The van der Waals surface area contributed by atoms with Gasteiger partial charge in [0, 0.05) is 75.5 Å². The molecule has 0 saturated carbocycles. The highest BCUT2D eigenvalue weighted by Crippen LogP contribution is 2.18. The first-order chi connectivity index (χ1) is 41.0. The Kier molecular flexibility index (Phi) is 47.6. The third-order valence-corrected chi connectivity index (χ3v) is 14.2. The number of carboxylic acids is 5. The van der Waals surface area contributed by atoms with Crippen LogP contribution in [0.1, 0.15) is 161 Å². The third-order valence-electron chi connectivity index (χ3n) is 13.3. The average Bonchev–Trinajstić information content (AvgIpc) is 3.68. The topological polar surface area (TPSA) is 432 Å². The van der Waals surface area contributed by atoms with Gasteiger partial charge in [-0.15, -0.1) is 0 Å². The van der Waals surface area contributed by atoms with Gasteiger partial charge in [-0.25, -0.2) is 14.4 Å². The number of carbonyl (C=O) groups is 13. The van der Waals surface area contributed by atoms with Crippen molar-refractivity contribution < 1.29 is 107 Å². The van der Waals surface area contributed by atoms with Crippen molar-refractivity contribution in [2.75, 3.05) is 77.5 Å². The Bertz CT molecular complexity index is 2090. The van der Waals surface area contributed by atoms with Crippen molar-refractivity contribution in [3.8, 4) is 0 Å². The number of carboxylic acid groups (broad SMARTS) is 5. The SMILES string of the molecule is C[C@H](NC(=O)COCCOCCNC(=O)COCCOCCNC(=O)CC[C@H](NC(=O)CC[C@H](NC(=O)CC[C@H](NC(=O)CCCCCCCCCCCCCCCCC(=O)O)C(=O)O)C(=O)O)C(=O)O)C(=O)C[C@@H](CS)C(=O)C[C@@H](CS)C(=O)O. The van der Waals surface area contributed by atoms with Gasteiger partial charge in [-0.05, 0) is 39.0 Å². The summed E-state index contributed by atoms with van der Waals surface area (Å²) >= 11 is 8.06. The van der Waals surface area contributed by atoms with E-state index in [2.05, 4.69) is 57.2 Å². The second-order valence-electron chi connectivity index (χ2n) is 20.6. The van der Waals surface area contributed by atoms with Gasteiger partial charge >= 0.3 is 29.8 Å². The first kappa shape index (κ1) is 80.0. The molecular weight excluding hydrogens is 1170 g/mol. The molecule has 0 radical (unpaired) electrons. The van der Waals surface area contributed by atoms with Crippen molar-refractivity contribution in [1.29, 1.82) is 0 Å². The second kappa shape index (κ2) is 51.1. The van der Waals surface area contributed by atoms with Crippen molar-refractivity contribution >= 4 is 102 Å². The van der Waals surface area contributed by atoms with Gasteiger partial charge in [0.25, 0.3) is 0 Å². The molecule has 0 heterocycles. The maximum Gasteiger partial charge on any atom is 0.326 e. The summed E-state index contributed by atoms with van der Waals surface area (Å²) in [6.45, 7) is 1.40. The number of hydrogen-bond acceptors (Lipinski definition) is 19. The standard InChI is InChI=1S/C56H94N6O22S2/c1-38(44(63)32-39(36-85)45(64)33-40(37-86)53(73)74)59-51(70)35-84-31-29-82-27-25-58-50(69)34-83-30-28-81-26-24-57-46(65)21-18-41(54(75)76)61-48(67)23-20-43(56(79)80)62-49(68)22-19-42(55(77)78)60-47(66)16-14-12-10-8-6-4-2-3-5-7-9-11-13-15-17-52(71)72/h38-43,85-86H,2-37H2,1H3,(H,57,65)(H,58,69)(H,59,70)(H,60,66)(H,61,67)(H,62,68)(H,71,72)(H,73,74)(H,75,76)(H,77,78)(H,79,80)/t38-,39-,40-,41-,42-,43-/m0/s1. The van der Waals surface area contributed by atoms with Crippen molar-refractivity contribution in [2.24, 2.45) is 11.8 Å². The molecule has 0 aromatic rings. The summed E-state index contributed by atoms with van der Waals surface area (Å²) in [7, 11) is 0. The molecule has 492 valence electrons. The normalized spacial score (nSPS) is 13.2. The van der Waals surface area contributed by atoms with Crippen LogP contribution in [0.25, 0.3) is 0 Å². The zero-order valence-electron chi connectivity index (χ0n) is 49.5. The summed E-state index contributed by atoms with van der Waals surface area (Å²) < 4.78 is 21.2. The molecule has 0 aromatic heterocycles. The number of nitrogens with one attached hydrogen (secondary N) is 6. The van der Waals surface area contributed by atoms with Crippen LogP contribution in [0.5, 0.6) is 0 Å². The molecule has 0 bridgehead atoms. The summed E-state index contributed by atoms with van der Waals surface area (Å²) in [6.07, 6.45) is 11.5. The second-order valence-corrected chi connectivity index (χ2v) is 21.3. The largest absolute Gasteiger partial charge is 0.481 e. The van der Waals surface area contributed by atoms with Gasteiger partial charge in [-0.3, -0.25) is 47.9 Å². The van der Waals surface area contributed by atoms with E-state index < -0.39 is 132 Å². The number of unbranched alkanes of at least 4 members (excludes halogenated alkanes) is 13. The van der Waals surface area contributed by atoms with Crippen LogP contribution in [0.3, 0.4) is 0 Å². The molecule has 0 aliphatic heterocycles. The van der Waals surface area contributed by atoms with Crippen molar-refractivity contribution in [2.45, 2.75) is 185 Å². The van der Waals surface area contributed by atoms with E-state index in [9.17, 15) is 77.6 Å². The molecule has 0 saturated heterocycles. The van der Waals surface area contributed by atoms with Crippen molar-refractivity contribution in [3.05, 3.63) is 0 Å². The molecule has 0 aliphatic carbocycles. The predicted octanol–water partition coefficient (Wildman–Crippen LogP) is 2.26. The fourth-order valence-electron chi connectivity index (χ4n) is 8.22. The zero-order chi connectivity index (χ0) is 64.5. The maximum atomic E-state index is 12.6. The number of carbonyl (C=O) groups excluding carboxylic acids is 8. The maximum absolute atomic E-state index is 12.6. The molecule has 0 aliphatic rings. The number of hydrogen-bond donors (Lipinski definition) is 13. The Balaban J connectivity index is 4.22. The molecule has 11 N–H and O–H groups in total. The van der Waals surface area contributed by atoms with Crippen LogP contribution < -0.4 is 31.9 Å². The molecule has 0 rings (SSSR count). The van der Waals surface area contributed by atoms with Gasteiger partial charge in [0.2, 0.25) is 35.4 Å². The molecule has 6 atom stereocenters. The lowest BCUT2D eigenvalue weighted by Crippen LogP contribution is -2.45. The fourth-order valence-corrected chi connectivity index (χ4v) is 8.84. The minimum atomic E-state index is -1.58. The smallest absolute Gasteiger partial charge is 0.326 e. The van der Waals surface area contributed by atoms with Crippen LogP contribution in [0, 0.1) is 11.8 Å². The highest BCUT2D eigenvalue weighted by atomic mass is 32.1. The van der Waals surface area contributed by atoms with E-state index in [1.807, 2.05) is 0 Å². The van der Waals surface area contributed by atoms with E-state index >= 15 is 0 Å². The molecular formula is C56H94N6O22S2. The third kappa shape index (κ3) is 44.5. The minimum Gasteiger partial charge on any atom is -0.481 e. The lowest BCUT2D eigenvalue weighted by Gasteiger charge is -2.18. The van der Waals surface area contributed by atoms with E-state index in [4.69, 9.17) is 29.2 Å². The molecule has 30 heteroatoms. The lowest BCUT2D eigenvalue weighted by atomic mass is 9.91. The van der Waals surface area contributed by atoms with Crippen LogP contribution in [0.15, 0.2) is 0 Å². The Morgan fingerprint density at radius 2 is 0.709 bits per heavy atom. The summed E-state index contributed by atoms with van der Waals surface area (Å²) in [6, 6.07) is -5.42. The number of thiol groups is 2. The summed E-state index contributed by atoms with van der Waals surface area (Å²) in [5, 5.41) is 61.2. The Labute approximate surface area is 513 Å². The van der Waals surface area contributed by atoms with E-state index in [1.54, 1.807) is 0 Å². The highest BCUT2D eigenvalue weighted by molar-refractivity contribution is 7.80. The Morgan fingerprint density at radius 3 is 1.10 bits per heavy atom. The van der Waals surface area contributed by atoms with Crippen molar-refractivity contribution in [3.63, 3.8) is 0 Å². The minimum absolute atomic E-state index is 0.0284. The molecule has 0 unspecified atom stereocenters. The molecule has 6 amide bonds. The number of ether oxygens (including phenoxy) is 4. The summed E-state index contributed by atoms with van der Waals surface area (Å²) in [5.74, 6) is -12.7. The van der Waals surface area contributed by atoms with Gasteiger partial charge in [0.15, 0.2) is 5.78 Å². The summed E-state index contributed by atoms with van der Waals surface area (Å²) in [5.41, 5.74) is 0. The first-order valence-corrected chi connectivity index (χ1v) is 30.7. The van der Waals surface area contributed by atoms with Crippen molar-refractivity contribution in [1.82, 2.24) is 31.9 Å². The van der Waals surface area contributed by atoms with Gasteiger partial charge in [-0.2, -0.15) is 25.3 Å². The monoisotopic (exact) mass is 1270 g/mol. The molecule has 0 fully saturated rings. The average molecular weight is 1270 g/mol. The number of Topliss-reactive ketones (excluding diaryl/α,β-unsaturated/α-hetero) is 2. The van der Waals surface area contributed by atoms with Gasteiger partial charge < -0.3 is 76.4 Å². The number of amides is 6. The number of rotatable bonds is 58. The molecule has 0 aromatic carbocycles. The van der Waals surface area contributed by atoms with Gasteiger partial charge in [0.05, 0.1) is 51.6 Å². The first-order valence-electron chi connectivity index (χ1n) is 29.4. The molecule has 86 heavy (non-hydrogen) atoms. The lowest BCUT2D eigenvalue weighted by molar-refractivity contribution is -0.144. The van der Waals surface area contributed by atoms with Crippen LogP contribution in [0.4, 0.5) is 0 Å². The van der Waals surface area contributed by atoms with Crippen LogP contribution in [-0.2, 0) is 81.3 Å². The van der Waals surface area contributed by atoms with Crippen LogP contribution in [-0.4, -0.2) is 204 Å². The Hall–Kier alpha value is -5.95. The Morgan fingerprint density at radius 1 is 0.360 bits per heavy atom. The van der Waals surface area contributed by atoms with E-state index in [1.165, 1.54) is 19.8 Å². The fraction of sp³-hybridized carbons (Fsp3) is 0.768. The number of ketones is 2. The van der Waals surface area contributed by atoms with E-state index in [0.717, 1.165) is 70.6 Å². The molecule has 28 nitrogen and oxygen atoms in total. The highest BCUT2D eigenvalue weighted by Gasteiger charge is 2.29. The van der Waals surface area contributed by atoms with Crippen LogP contribution in [0.2, 0.25) is 0 Å². The van der Waals surface area contributed by atoms with E-state index in [-0.39, 0.29) is 122 Å². The number of aliphatic carboxylic acids is 5. The van der Waals surface area contributed by atoms with Gasteiger partial charge in [0.1, 0.15) is 37.1 Å². The molecule has 0 spiro atoms.